The lowest BCUT2D eigenvalue weighted by Crippen LogP contribution is -2.40. The molecule has 2 aromatic heterocycles. The van der Waals surface area contributed by atoms with E-state index in [1.807, 2.05) is 35.2 Å². The van der Waals surface area contributed by atoms with Gasteiger partial charge in [-0.2, -0.15) is 0 Å². The van der Waals surface area contributed by atoms with Crippen LogP contribution in [0.2, 0.25) is 0 Å². The molecule has 1 N–H and O–H groups in total. The number of pyridine rings is 1. The first-order valence-corrected chi connectivity index (χ1v) is 10.2. The van der Waals surface area contributed by atoms with Crippen molar-refractivity contribution in [3.05, 3.63) is 89.4 Å². The fourth-order valence-corrected chi connectivity index (χ4v) is 4.57. The van der Waals surface area contributed by atoms with E-state index in [-0.39, 0.29) is 11.9 Å². The van der Waals surface area contributed by atoms with E-state index < -0.39 is 0 Å². The maximum Gasteiger partial charge on any atom is 0.254 e. The summed E-state index contributed by atoms with van der Waals surface area (Å²) in [6.45, 7) is 0.598. The smallest absolute Gasteiger partial charge is 0.254 e. The minimum Gasteiger partial charge on any atom is -0.493 e. The molecule has 0 aliphatic carbocycles. The van der Waals surface area contributed by atoms with Gasteiger partial charge in [-0.3, -0.25) is 9.78 Å². The van der Waals surface area contributed by atoms with E-state index in [9.17, 15) is 4.79 Å². The van der Waals surface area contributed by atoms with Crippen molar-refractivity contribution in [1.82, 2.24) is 14.9 Å². The maximum atomic E-state index is 13.6. The number of aromatic amines is 1. The molecule has 156 valence electrons. The van der Waals surface area contributed by atoms with Gasteiger partial charge in [0.2, 0.25) is 0 Å². The zero-order chi connectivity index (χ0) is 21.4. The number of methoxy groups -OCH3 is 2. The van der Waals surface area contributed by atoms with Gasteiger partial charge in [0.1, 0.15) is 6.04 Å². The van der Waals surface area contributed by atoms with E-state index >= 15 is 0 Å². The second-order valence-electron chi connectivity index (χ2n) is 7.53. The molecule has 31 heavy (non-hydrogen) atoms. The first-order valence-electron chi connectivity index (χ1n) is 10.2. The predicted octanol–water partition coefficient (Wildman–Crippen LogP) is 4.37. The highest BCUT2D eigenvalue weighted by Crippen LogP contribution is 2.44. The van der Waals surface area contributed by atoms with Crippen molar-refractivity contribution in [2.45, 2.75) is 12.5 Å². The summed E-state index contributed by atoms with van der Waals surface area (Å²) in [6.07, 6.45) is 4.07. The number of para-hydroxylation sites is 2. The summed E-state index contributed by atoms with van der Waals surface area (Å²) >= 11 is 0. The highest BCUT2D eigenvalue weighted by atomic mass is 16.5. The first kappa shape index (κ1) is 19.2. The maximum absolute atomic E-state index is 13.6. The highest BCUT2D eigenvalue weighted by molar-refractivity contribution is 5.95. The molecule has 1 amide bonds. The van der Waals surface area contributed by atoms with Gasteiger partial charge in [-0.05, 0) is 36.2 Å². The van der Waals surface area contributed by atoms with E-state index in [1.54, 1.807) is 38.7 Å². The molecule has 1 aliphatic heterocycles. The molecule has 0 saturated carbocycles. The van der Waals surface area contributed by atoms with Gasteiger partial charge in [-0.15, -0.1) is 0 Å². The van der Waals surface area contributed by atoms with Gasteiger partial charge in [-0.25, -0.2) is 0 Å². The number of ether oxygens (including phenoxy) is 2. The van der Waals surface area contributed by atoms with Crippen LogP contribution in [0.5, 0.6) is 11.5 Å². The lowest BCUT2D eigenvalue weighted by atomic mass is 9.91. The molecule has 6 heteroatoms. The number of carbonyl (C=O) groups excluding carboxylic acids is 1. The molecule has 0 unspecified atom stereocenters. The van der Waals surface area contributed by atoms with Gasteiger partial charge in [0.15, 0.2) is 11.5 Å². The Hall–Kier alpha value is -3.80. The molecule has 1 aliphatic rings. The number of rotatable bonds is 4. The molecule has 0 spiro atoms. The number of aromatic nitrogens is 2. The normalized spacial score (nSPS) is 15.5. The number of nitrogens with one attached hydrogen (secondary N) is 1. The Bertz CT molecular complexity index is 1250. The molecule has 0 radical (unpaired) electrons. The quantitative estimate of drug-likeness (QED) is 0.540. The van der Waals surface area contributed by atoms with Crippen molar-refractivity contribution in [1.29, 1.82) is 0 Å². The van der Waals surface area contributed by atoms with Crippen LogP contribution in [0.25, 0.3) is 10.9 Å². The number of nitrogens with zero attached hydrogens (tertiary/aromatic N) is 2. The minimum absolute atomic E-state index is 0.0402. The predicted molar refractivity (Wildman–Crippen MR) is 119 cm³/mol. The number of fused-ring (bicyclic) bond motifs is 3. The van der Waals surface area contributed by atoms with Gasteiger partial charge in [0.05, 0.1) is 14.2 Å². The topological polar surface area (TPSA) is 67.5 Å². The van der Waals surface area contributed by atoms with Crippen LogP contribution in [0, 0.1) is 0 Å². The summed E-state index contributed by atoms with van der Waals surface area (Å²) in [6, 6.07) is 17.2. The molecule has 3 heterocycles. The molecule has 1 atom stereocenters. The third-order valence-corrected chi connectivity index (χ3v) is 5.95. The number of hydrogen-bond acceptors (Lipinski definition) is 4. The molecule has 0 saturated heterocycles. The fraction of sp³-hybridized carbons (Fsp3) is 0.200. The van der Waals surface area contributed by atoms with Crippen molar-refractivity contribution in [2.75, 3.05) is 20.8 Å². The Morgan fingerprint density at radius 1 is 1.03 bits per heavy atom. The van der Waals surface area contributed by atoms with Gasteiger partial charge in [0, 0.05) is 46.7 Å². The van der Waals surface area contributed by atoms with Crippen LogP contribution < -0.4 is 9.47 Å². The fourth-order valence-electron chi connectivity index (χ4n) is 4.57. The van der Waals surface area contributed by atoms with E-state index in [1.165, 1.54) is 10.9 Å². The minimum atomic E-state index is -0.332. The number of carbonyl (C=O) groups is 1. The van der Waals surface area contributed by atoms with Crippen LogP contribution in [0.3, 0.4) is 0 Å². The molecule has 4 aromatic rings. The average Bonchev–Trinajstić information content (AvgIpc) is 3.21. The summed E-state index contributed by atoms with van der Waals surface area (Å²) in [5.41, 5.74) is 4.82. The number of benzene rings is 2. The number of amides is 1. The lowest BCUT2D eigenvalue weighted by Gasteiger charge is -2.37. The van der Waals surface area contributed by atoms with Gasteiger partial charge < -0.3 is 19.4 Å². The second-order valence-corrected chi connectivity index (χ2v) is 7.53. The van der Waals surface area contributed by atoms with Crippen LogP contribution in [0.4, 0.5) is 0 Å². The van der Waals surface area contributed by atoms with Gasteiger partial charge in [0.25, 0.3) is 5.91 Å². The summed E-state index contributed by atoms with van der Waals surface area (Å²) in [5.74, 6) is 1.23. The monoisotopic (exact) mass is 413 g/mol. The number of H-pyrrole nitrogens is 1. The molecule has 6 nitrogen and oxygen atoms in total. The lowest BCUT2D eigenvalue weighted by molar-refractivity contribution is 0.0689. The Labute approximate surface area is 180 Å². The van der Waals surface area contributed by atoms with E-state index in [4.69, 9.17) is 9.47 Å². The van der Waals surface area contributed by atoms with Crippen LogP contribution in [0.15, 0.2) is 67.0 Å². The highest BCUT2D eigenvalue weighted by Gasteiger charge is 2.37. The largest absolute Gasteiger partial charge is 0.493 e. The zero-order valence-electron chi connectivity index (χ0n) is 17.5. The molecule has 5 rings (SSSR count). The van der Waals surface area contributed by atoms with Crippen molar-refractivity contribution in [2.24, 2.45) is 0 Å². The molecule has 2 aromatic carbocycles. The van der Waals surface area contributed by atoms with Crippen molar-refractivity contribution < 1.29 is 14.3 Å². The summed E-state index contributed by atoms with van der Waals surface area (Å²) in [7, 11) is 3.25. The van der Waals surface area contributed by atoms with Gasteiger partial charge in [-0.1, -0.05) is 30.3 Å². The van der Waals surface area contributed by atoms with Crippen LogP contribution in [0.1, 0.15) is 33.2 Å². The summed E-state index contributed by atoms with van der Waals surface area (Å²) in [5, 5.41) is 1.19. The van der Waals surface area contributed by atoms with Crippen molar-refractivity contribution >= 4 is 16.8 Å². The van der Waals surface area contributed by atoms with Crippen LogP contribution in [-0.2, 0) is 6.42 Å². The molecular formula is C25H23N3O3. The Morgan fingerprint density at radius 2 is 1.84 bits per heavy atom. The Balaban J connectivity index is 1.73. The second kappa shape index (κ2) is 7.80. The van der Waals surface area contributed by atoms with E-state index in [2.05, 4.69) is 22.1 Å². The van der Waals surface area contributed by atoms with Crippen molar-refractivity contribution in [3.8, 4) is 11.5 Å². The van der Waals surface area contributed by atoms with E-state index in [0.29, 0.717) is 23.6 Å². The van der Waals surface area contributed by atoms with E-state index in [0.717, 1.165) is 23.2 Å². The average molecular weight is 413 g/mol. The van der Waals surface area contributed by atoms with Crippen LogP contribution in [-0.4, -0.2) is 41.5 Å². The Kier molecular flexibility index (Phi) is 4.82. The summed E-state index contributed by atoms with van der Waals surface area (Å²) < 4.78 is 11.3. The number of hydrogen-bond donors (Lipinski definition) is 1. The molecular weight excluding hydrogens is 390 g/mol. The standard InChI is InChI=1S/C25H23N3O3/c1-30-21-9-5-7-19(24(21)31-2)23-22-18(17-6-3-4-8-20(17)27-22)12-15-28(23)25(29)16-10-13-26-14-11-16/h3-11,13-14,23,27H,12,15H2,1-2H3/t23-/m1/s1. The third kappa shape index (κ3) is 3.11. The SMILES string of the molecule is COc1cccc([C@@H]2c3[nH]c4ccccc4c3CCN2C(=O)c2ccncc2)c1OC. The van der Waals surface area contributed by atoms with Crippen molar-refractivity contribution in [3.63, 3.8) is 0 Å². The molecule has 0 fully saturated rings. The van der Waals surface area contributed by atoms with Crippen LogP contribution >= 0.6 is 0 Å². The summed E-state index contributed by atoms with van der Waals surface area (Å²) in [4.78, 5) is 23.1. The zero-order valence-corrected chi connectivity index (χ0v) is 17.5. The molecule has 0 bridgehead atoms. The first-order chi connectivity index (χ1) is 15.2. The van der Waals surface area contributed by atoms with Gasteiger partial charge >= 0.3 is 0 Å². The third-order valence-electron chi connectivity index (χ3n) is 5.95. The Morgan fingerprint density at radius 3 is 2.61 bits per heavy atom.